The molecule has 1 aromatic carbocycles. The van der Waals surface area contributed by atoms with Crippen molar-refractivity contribution in [3.8, 4) is 0 Å². The van der Waals surface area contributed by atoms with Gasteiger partial charge < -0.3 is 15.0 Å². The van der Waals surface area contributed by atoms with E-state index in [1.165, 1.54) is 6.08 Å². The summed E-state index contributed by atoms with van der Waals surface area (Å²) in [5, 5.41) is 2.69. The Kier molecular flexibility index (Phi) is 3.98. The molecular formula is C17H20N2O3. The highest BCUT2D eigenvalue weighted by Gasteiger charge is 2.47. The van der Waals surface area contributed by atoms with Crippen LogP contribution in [0.5, 0.6) is 0 Å². The molecule has 2 aliphatic rings. The van der Waals surface area contributed by atoms with Crippen LogP contribution in [0.3, 0.4) is 0 Å². The van der Waals surface area contributed by atoms with E-state index in [0.29, 0.717) is 31.0 Å². The molecule has 0 aromatic heterocycles. The van der Waals surface area contributed by atoms with Crippen molar-refractivity contribution in [1.82, 2.24) is 4.90 Å². The summed E-state index contributed by atoms with van der Waals surface area (Å²) >= 11 is 0. The van der Waals surface area contributed by atoms with E-state index < -0.39 is 0 Å². The quantitative estimate of drug-likeness (QED) is 0.871. The van der Waals surface area contributed by atoms with E-state index in [2.05, 4.69) is 11.9 Å². The molecule has 0 radical (unpaired) electrons. The van der Waals surface area contributed by atoms with Crippen LogP contribution < -0.4 is 5.32 Å². The number of amides is 2. The molecule has 1 saturated carbocycles. The van der Waals surface area contributed by atoms with Crippen LogP contribution in [0.1, 0.15) is 29.6 Å². The SMILES string of the molecule is C=CC(=O)Nc1cccc(C(=O)N2CCOCC23CCC3)c1. The maximum atomic E-state index is 12.9. The molecule has 1 spiro atoms. The van der Waals surface area contributed by atoms with Crippen LogP contribution in [0.25, 0.3) is 0 Å². The first-order chi connectivity index (χ1) is 10.6. The fourth-order valence-corrected chi connectivity index (χ4v) is 3.13. The van der Waals surface area contributed by atoms with E-state index in [-0.39, 0.29) is 17.4 Å². The monoisotopic (exact) mass is 300 g/mol. The minimum atomic E-state index is -0.286. The maximum absolute atomic E-state index is 12.9. The van der Waals surface area contributed by atoms with Gasteiger partial charge in [0.1, 0.15) is 0 Å². The van der Waals surface area contributed by atoms with Gasteiger partial charge in [-0.25, -0.2) is 0 Å². The molecule has 3 rings (SSSR count). The zero-order valence-corrected chi connectivity index (χ0v) is 12.5. The van der Waals surface area contributed by atoms with Crippen molar-refractivity contribution in [2.45, 2.75) is 24.8 Å². The van der Waals surface area contributed by atoms with E-state index in [9.17, 15) is 9.59 Å². The van der Waals surface area contributed by atoms with Gasteiger partial charge in [-0.3, -0.25) is 9.59 Å². The molecule has 1 heterocycles. The molecule has 0 unspecified atom stereocenters. The lowest BCUT2D eigenvalue weighted by molar-refractivity contribution is -0.111. The molecule has 2 amide bonds. The predicted octanol–water partition coefficient (Wildman–Crippen LogP) is 2.21. The van der Waals surface area contributed by atoms with Gasteiger partial charge in [-0.1, -0.05) is 12.6 Å². The molecule has 5 heteroatoms. The third kappa shape index (κ3) is 2.64. The van der Waals surface area contributed by atoms with Gasteiger partial charge in [-0.05, 0) is 43.5 Å². The zero-order valence-electron chi connectivity index (χ0n) is 12.5. The number of hydrogen-bond acceptors (Lipinski definition) is 3. The third-order valence-corrected chi connectivity index (χ3v) is 4.49. The highest BCUT2D eigenvalue weighted by Crippen LogP contribution is 2.40. The maximum Gasteiger partial charge on any atom is 0.254 e. The number of ether oxygens (including phenoxy) is 1. The smallest absolute Gasteiger partial charge is 0.254 e. The topological polar surface area (TPSA) is 58.6 Å². The van der Waals surface area contributed by atoms with E-state index in [1.807, 2.05) is 4.90 Å². The van der Waals surface area contributed by atoms with Gasteiger partial charge in [0.2, 0.25) is 5.91 Å². The second kappa shape index (κ2) is 5.93. The summed E-state index contributed by atoms with van der Waals surface area (Å²) in [4.78, 5) is 26.2. The molecule has 1 aliphatic carbocycles. The van der Waals surface area contributed by atoms with Crippen molar-refractivity contribution < 1.29 is 14.3 Å². The van der Waals surface area contributed by atoms with E-state index >= 15 is 0 Å². The summed E-state index contributed by atoms with van der Waals surface area (Å²) in [6.45, 7) is 5.27. The van der Waals surface area contributed by atoms with Crippen molar-refractivity contribution in [3.05, 3.63) is 42.5 Å². The van der Waals surface area contributed by atoms with Crippen molar-refractivity contribution in [1.29, 1.82) is 0 Å². The number of benzene rings is 1. The first kappa shape index (κ1) is 14.8. The Labute approximate surface area is 129 Å². The predicted molar refractivity (Wildman–Crippen MR) is 83.7 cm³/mol. The van der Waals surface area contributed by atoms with E-state index in [0.717, 1.165) is 19.3 Å². The summed E-state index contributed by atoms with van der Waals surface area (Å²) in [7, 11) is 0. The van der Waals surface area contributed by atoms with Crippen LogP contribution in [0.4, 0.5) is 5.69 Å². The summed E-state index contributed by atoms with van der Waals surface area (Å²) in [5.41, 5.74) is 1.08. The average molecular weight is 300 g/mol. The summed E-state index contributed by atoms with van der Waals surface area (Å²) in [6, 6.07) is 7.04. The second-order valence-corrected chi connectivity index (χ2v) is 5.86. The van der Waals surface area contributed by atoms with Crippen molar-refractivity contribution >= 4 is 17.5 Å². The van der Waals surface area contributed by atoms with Crippen LogP contribution in [0.2, 0.25) is 0 Å². The van der Waals surface area contributed by atoms with Gasteiger partial charge in [0, 0.05) is 17.8 Å². The normalized spacial score (nSPS) is 19.4. The lowest BCUT2D eigenvalue weighted by Gasteiger charge is -2.52. The van der Waals surface area contributed by atoms with E-state index in [1.54, 1.807) is 24.3 Å². The molecule has 1 aromatic rings. The molecule has 0 atom stereocenters. The Morgan fingerprint density at radius 2 is 2.18 bits per heavy atom. The Bertz CT molecular complexity index is 608. The number of rotatable bonds is 3. The minimum Gasteiger partial charge on any atom is -0.377 e. The Balaban J connectivity index is 1.80. The van der Waals surface area contributed by atoms with Crippen LogP contribution in [-0.2, 0) is 9.53 Å². The van der Waals surface area contributed by atoms with Crippen LogP contribution in [-0.4, -0.2) is 42.0 Å². The number of carbonyl (C=O) groups excluding carboxylic acids is 2. The summed E-state index contributed by atoms with van der Waals surface area (Å²) in [6.07, 6.45) is 4.36. The largest absolute Gasteiger partial charge is 0.377 e. The van der Waals surface area contributed by atoms with Crippen molar-refractivity contribution in [3.63, 3.8) is 0 Å². The van der Waals surface area contributed by atoms with Gasteiger partial charge in [-0.15, -0.1) is 0 Å². The number of anilines is 1. The standard InChI is InChI=1S/C17H20N2O3/c1-2-15(20)18-14-6-3-5-13(11-14)16(21)19-9-10-22-12-17(19)7-4-8-17/h2-3,5-6,11H,1,4,7-10,12H2,(H,18,20). The summed E-state index contributed by atoms with van der Waals surface area (Å²) < 4.78 is 5.57. The molecule has 1 N–H and O–H groups in total. The number of nitrogens with one attached hydrogen (secondary N) is 1. The Morgan fingerprint density at radius 3 is 2.86 bits per heavy atom. The van der Waals surface area contributed by atoms with Gasteiger partial charge >= 0.3 is 0 Å². The lowest BCUT2D eigenvalue weighted by Crippen LogP contribution is -2.62. The molecule has 116 valence electrons. The van der Waals surface area contributed by atoms with Crippen LogP contribution in [0, 0.1) is 0 Å². The Hall–Kier alpha value is -2.14. The van der Waals surface area contributed by atoms with Crippen molar-refractivity contribution in [2.24, 2.45) is 0 Å². The molecule has 2 fully saturated rings. The number of carbonyl (C=O) groups is 2. The van der Waals surface area contributed by atoms with Gasteiger partial charge in [0.05, 0.1) is 18.8 Å². The third-order valence-electron chi connectivity index (χ3n) is 4.49. The van der Waals surface area contributed by atoms with E-state index in [4.69, 9.17) is 4.74 Å². The first-order valence-corrected chi connectivity index (χ1v) is 7.58. The highest BCUT2D eigenvalue weighted by molar-refractivity contribution is 6.01. The second-order valence-electron chi connectivity index (χ2n) is 5.86. The Morgan fingerprint density at radius 1 is 1.36 bits per heavy atom. The number of morpholine rings is 1. The molecule has 5 nitrogen and oxygen atoms in total. The fourth-order valence-electron chi connectivity index (χ4n) is 3.13. The minimum absolute atomic E-state index is 0.0118. The fraction of sp³-hybridized carbons (Fsp3) is 0.412. The van der Waals surface area contributed by atoms with Gasteiger partial charge in [-0.2, -0.15) is 0 Å². The van der Waals surface area contributed by atoms with Crippen LogP contribution >= 0.6 is 0 Å². The molecule has 1 saturated heterocycles. The van der Waals surface area contributed by atoms with Gasteiger partial charge in [0.15, 0.2) is 0 Å². The highest BCUT2D eigenvalue weighted by atomic mass is 16.5. The zero-order chi connectivity index (χ0) is 15.6. The lowest BCUT2D eigenvalue weighted by atomic mass is 9.75. The molecule has 0 bridgehead atoms. The molecular weight excluding hydrogens is 280 g/mol. The number of nitrogens with zero attached hydrogens (tertiary/aromatic N) is 1. The average Bonchev–Trinajstić information content (AvgIpc) is 2.52. The van der Waals surface area contributed by atoms with Crippen molar-refractivity contribution in [2.75, 3.05) is 25.1 Å². The number of hydrogen-bond donors (Lipinski definition) is 1. The summed E-state index contributed by atoms with van der Waals surface area (Å²) in [5.74, 6) is -0.274. The first-order valence-electron chi connectivity index (χ1n) is 7.58. The molecule has 1 aliphatic heterocycles. The van der Waals surface area contributed by atoms with Crippen LogP contribution in [0.15, 0.2) is 36.9 Å². The molecule has 22 heavy (non-hydrogen) atoms. The van der Waals surface area contributed by atoms with Gasteiger partial charge in [0.25, 0.3) is 5.91 Å².